The number of thiophene rings is 1. The number of carbonyl (C=O) groups excluding carboxylic acids is 1. The standard InChI is InChI=1S/C19H19BFN5OS/c1-12-9-26(6-5-20(12)11-22)17-8-15(21)18(28-17)19(27)23-14-4-3-13-10-25(2)24-16(13)7-14/h3-4,7-8,10,12H,5-6,9H2,1-2H3,(H,23,27). The summed E-state index contributed by atoms with van der Waals surface area (Å²) in [7, 11) is 1.83. The second-order valence-corrected chi connectivity index (χ2v) is 8.27. The number of fused-ring (bicyclic) bond motifs is 1. The molecule has 6 nitrogen and oxygen atoms in total. The Balaban J connectivity index is 1.51. The number of hydrogen-bond donors (Lipinski definition) is 1. The van der Waals surface area contributed by atoms with Crippen molar-refractivity contribution in [1.29, 1.82) is 5.26 Å². The number of nitriles is 1. The molecular weight excluding hydrogens is 376 g/mol. The Labute approximate surface area is 166 Å². The van der Waals surface area contributed by atoms with Crippen molar-refractivity contribution in [3.63, 3.8) is 0 Å². The topological polar surface area (TPSA) is 74.0 Å². The molecule has 0 saturated carbocycles. The van der Waals surface area contributed by atoms with Gasteiger partial charge in [-0.3, -0.25) is 9.48 Å². The van der Waals surface area contributed by atoms with Crippen molar-refractivity contribution < 1.29 is 9.18 Å². The van der Waals surface area contributed by atoms with Crippen molar-refractivity contribution in [3.05, 3.63) is 41.2 Å². The van der Waals surface area contributed by atoms with E-state index in [1.807, 2.05) is 26.2 Å². The first kappa shape index (κ1) is 18.5. The summed E-state index contributed by atoms with van der Waals surface area (Å²) in [6.07, 6.45) is 2.64. The number of aryl methyl sites for hydroxylation is 1. The molecule has 0 aliphatic carbocycles. The van der Waals surface area contributed by atoms with Crippen molar-refractivity contribution in [2.24, 2.45) is 7.05 Å². The van der Waals surface area contributed by atoms with E-state index in [9.17, 15) is 9.18 Å². The van der Waals surface area contributed by atoms with Crippen LogP contribution >= 0.6 is 11.3 Å². The van der Waals surface area contributed by atoms with E-state index in [1.165, 1.54) is 6.07 Å². The lowest BCUT2D eigenvalue weighted by Crippen LogP contribution is -2.40. The van der Waals surface area contributed by atoms with Crippen molar-refractivity contribution >= 4 is 45.5 Å². The first-order valence-electron chi connectivity index (χ1n) is 9.13. The molecule has 1 aliphatic rings. The highest BCUT2D eigenvalue weighted by atomic mass is 32.1. The SMILES string of the molecule is CC1CN(c2cc(F)c(C(=O)Nc3ccc4cn(C)nc4c3)s2)CCB1C#N. The molecule has 0 bridgehead atoms. The number of nitrogens with zero attached hydrogens (tertiary/aromatic N) is 4. The minimum atomic E-state index is -0.522. The maximum atomic E-state index is 14.5. The summed E-state index contributed by atoms with van der Waals surface area (Å²) in [6.45, 7) is 3.45. The molecule has 3 heterocycles. The van der Waals surface area contributed by atoms with E-state index in [-0.39, 0.29) is 17.4 Å². The maximum absolute atomic E-state index is 14.5. The number of hydrogen-bond acceptors (Lipinski definition) is 5. The summed E-state index contributed by atoms with van der Waals surface area (Å²) in [4.78, 5) is 14.7. The minimum Gasteiger partial charge on any atom is -0.364 e. The van der Waals surface area contributed by atoms with Gasteiger partial charge in [0.05, 0.1) is 10.5 Å². The smallest absolute Gasteiger partial charge is 0.274 e. The highest BCUT2D eigenvalue weighted by Crippen LogP contribution is 2.34. The molecule has 1 aromatic carbocycles. The normalized spacial score (nSPS) is 17.0. The molecule has 1 amide bonds. The van der Waals surface area contributed by atoms with Gasteiger partial charge in [0, 0.05) is 49.4 Å². The zero-order valence-corrected chi connectivity index (χ0v) is 16.5. The predicted molar refractivity (Wildman–Crippen MR) is 111 cm³/mol. The van der Waals surface area contributed by atoms with Crippen LogP contribution in [0, 0.1) is 17.0 Å². The van der Waals surface area contributed by atoms with Gasteiger partial charge in [0.25, 0.3) is 12.6 Å². The van der Waals surface area contributed by atoms with Crippen molar-refractivity contribution in [2.45, 2.75) is 19.1 Å². The number of halogens is 1. The second kappa shape index (κ2) is 7.28. The fourth-order valence-electron chi connectivity index (χ4n) is 3.61. The average molecular weight is 395 g/mol. The Morgan fingerprint density at radius 2 is 2.29 bits per heavy atom. The molecule has 142 valence electrons. The zero-order valence-electron chi connectivity index (χ0n) is 15.6. The Hall–Kier alpha value is -2.86. The number of aromatic nitrogens is 2. The molecule has 3 aromatic rings. The van der Waals surface area contributed by atoms with Crippen LogP contribution in [0.4, 0.5) is 15.1 Å². The van der Waals surface area contributed by atoms with Crippen LogP contribution in [0.3, 0.4) is 0 Å². The Kier molecular flexibility index (Phi) is 4.81. The van der Waals surface area contributed by atoms with Gasteiger partial charge < -0.3 is 10.2 Å². The van der Waals surface area contributed by atoms with Crippen LogP contribution in [-0.2, 0) is 7.05 Å². The molecule has 9 heteroatoms. The first-order valence-corrected chi connectivity index (χ1v) is 9.95. The highest BCUT2D eigenvalue weighted by molar-refractivity contribution is 7.18. The van der Waals surface area contributed by atoms with E-state index in [1.54, 1.807) is 16.8 Å². The lowest BCUT2D eigenvalue weighted by Gasteiger charge is -2.32. The molecule has 1 atom stereocenters. The van der Waals surface area contributed by atoms with Gasteiger partial charge in [-0.2, -0.15) is 5.10 Å². The molecule has 0 spiro atoms. The maximum Gasteiger partial charge on any atom is 0.274 e. The van der Waals surface area contributed by atoms with E-state index >= 15 is 0 Å². The van der Waals surface area contributed by atoms with Crippen LogP contribution in [-0.4, -0.2) is 35.5 Å². The quantitative estimate of drug-likeness (QED) is 0.685. The Morgan fingerprint density at radius 1 is 1.46 bits per heavy atom. The molecule has 0 radical (unpaired) electrons. The molecule has 2 aromatic heterocycles. The Bertz CT molecular complexity index is 1090. The van der Waals surface area contributed by atoms with Crippen LogP contribution < -0.4 is 10.2 Å². The summed E-state index contributed by atoms with van der Waals surface area (Å²) < 4.78 is 16.2. The third-order valence-corrected chi connectivity index (χ3v) is 6.31. The van der Waals surface area contributed by atoms with Gasteiger partial charge in [0.2, 0.25) is 0 Å². The lowest BCUT2D eigenvalue weighted by atomic mass is 9.39. The number of carbonyl (C=O) groups is 1. The third-order valence-electron chi connectivity index (χ3n) is 5.14. The first-order chi connectivity index (χ1) is 13.4. The van der Waals surface area contributed by atoms with Crippen molar-refractivity contribution in [3.8, 4) is 5.97 Å². The number of nitrogens with one attached hydrogen (secondary N) is 1. The number of anilines is 2. The van der Waals surface area contributed by atoms with Crippen LogP contribution in [0.2, 0.25) is 12.1 Å². The van der Waals surface area contributed by atoms with E-state index < -0.39 is 11.7 Å². The number of benzene rings is 1. The summed E-state index contributed by atoms with van der Waals surface area (Å²) in [5, 5.41) is 17.9. The predicted octanol–water partition coefficient (Wildman–Crippen LogP) is 3.79. The number of rotatable bonds is 3. The highest BCUT2D eigenvalue weighted by Gasteiger charge is 2.31. The minimum absolute atomic E-state index is 0.0327. The van der Waals surface area contributed by atoms with Gasteiger partial charge in [0.15, 0.2) is 0 Å². The summed E-state index contributed by atoms with van der Waals surface area (Å²) in [5.41, 5.74) is 1.34. The largest absolute Gasteiger partial charge is 0.364 e. The van der Waals surface area contributed by atoms with Gasteiger partial charge in [-0.25, -0.2) is 9.65 Å². The van der Waals surface area contributed by atoms with Crippen LogP contribution in [0.15, 0.2) is 30.5 Å². The van der Waals surface area contributed by atoms with Crippen LogP contribution in [0.25, 0.3) is 10.9 Å². The van der Waals surface area contributed by atoms with Crippen molar-refractivity contribution in [2.75, 3.05) is 23.3 Å². The molecule has 1 fully saturated rings. The zero-order chi connectivity index (χ0) is 19.8. The van der Waals surface area contributed by atoms with Crippen LogP contribution in [0.1, 0.15) is 16.6 Å². The van der Waals surface area contributed by atoms with Gasteiger partial charge >= 0.3 is 0 Å². The lowest BCUT2D eigenvalue weighted by molar-refractivity contribution is 0.102. The molecule has 1 saturated heterocycles. The second-order valence-electron chi connectivity index (χ2n) is 7.24. The van der Waals surface area contributed by atoms with Crippen molar-refractivity contribution in [1.82, 2.24) is 9.78 Å². The molecule has 1 unspecified atom stereocenters. The van der Waals surface area contributed by atoms with Gasteiger partial charge in [-0.05, 0) is 30.3 Å². The molecular formula is C19H19BFN5OS. The summed E-state index contributed by atoms with van der Waals surface area (Å²) in [6, 6.07) is 6.84. The molecule has 4 rings (SSSR count). The monoisotopic (exact) mass is 395 g/mol. The van der Waals surface area contributed by atoms with Crippen LogP contribution in [0.5, 0.6) is 0 Å². The van der Waals surface area contributed by atoms with E-state index in [4.69, 9.17) is 5.26 Å². The van der Waals surface area contributed by atoms with Gasteiger partial charge in [-0.15, -0.1) is 11.3 Å². The Morgan fingerprint density at radius 3 is 3.04 bits per heavy atom. The molecule has 28 heavy (non-hydrogen) atoms. The molecule has 1 aliphatic heterocycles. The fraction of sp³-hybridized carbons (Fsp3) is 0.316. The summed E-state index contributed by atoms with van der Waals surface area (Å²) in [5.74, 6) is 1.56. The molecule has 1 N–H and O–H groups in total. The van der Waals surface area contributed by atoms with E-state index in [0.29, 0.717) is 18.8 Å². The van der Waals surface area contributed by atoms with Gasteiger partial charge in [0.1, 0.15) is 10.7 Å². The summed E-state index contributed by atoms with van der Waals surface area (Å²) >= 11 is 1.15. The van der Waals surface area contributed by atoms with E-state index in [0.717, 1.165) is 33.6 Å². The third kappa shape index (κ3) is 3.48. The number of amides is 1. The van der Waals surface area contributed by atoms with E-state index in [2.05, 4.69) is 21.3 Å². The average Bonchev–Trinajstić information content (AvgIpc) is 3.23. The van der Waals surface area contributed by atoms with Gasteiger partial charge in [-0.1, -0.05) is 6.92 Å². The fourth-order valence-corrected chi connectivity index (χ4v) is 4.58.